The molecule has 0 bridgehead atoms. The molecule has 0 atom stereocenters. The lowest BCUT2D eigenvalue weighted by atomic mass is 10.1. The number of rotatable bonds is 4. The van der Waals surface area contributed by atoms with Gasteiger partial charge in [0, 0.05) is 19.0 Å². The van der Waals surface area contributed by atoms with Crippen molar-refractivity contribution in [2.24, 2.45) is 0 Å². The summed E-state index contributed by atoms with van der Waals surface area (Å²) in [6.07, 6.45) is -0.198. The Bertz CT molecular complexity index is 638. The quantitative estimate of drug-likeness (QED) is 0.399. The summed E-state index contributed by atoms with van der Waals surface area (Å²) < 4.78 is 10.2. The van der Waals surface area contributed by atoms with E-state index in [1.807, 2.05) is 0 Å². The Labute approximate surface area is 135 Å². The number of carbonyl (C=O) groups is 1. The van der Waals surface area contributed by atoms with E-state index in [0.29, 0.717) is 12.2 Å². The molecule has 0 aromatic heterocycles. The molecule has 0 aliphatic rings. The van der Waals surface area contributed by atoms with Crippen molar-refractivity contribution in [3.8, 4) is 17.6 Å². The molecule has 124 valence electrons. The van der Waals surface area contributed by atoms with Crippen LogP contribution in [0.15, 0.2) is 18.2 Å². The fourth-order valence-corrected chi connectivity index (χ4v) is 1.66. The zero-order chi connectivity index (χ0) is 17.5. The Balaban J connectivity index is 2.67. The first-order valence-electron chi connectivity index (χ1n) is 7.01. The fraction of sp³-hybridized carbons (Fsp3) is 0.438. The van der Waals surface area contributed by atoms with Crippen molar-refractivity contribution in [1.29, 1.82) is 0 Å². The number of carbonyl (C=O) groups excluding carboxylic acids is 1. The van der Waals surface area contributed by atoms with Crippen LogP contribution in [-0.2, 0) is 4.74 Å². The molecule has 0 aliphatic carbocycles. The number of alkyl carbamates (subject to hydrolysis) is 1. The highest BCUT2D eigenvalue weighted by atomic mass is 16.6. The molecule has 0 radical (unpaired) electrons. The van der Waals surface area contributed by atoms with E-state index in [1.165, 1.54) is 19.2 Å². The van der Waals surface area contributed by atoms with E-state index in [1.54, 1.807) is 26.8 Å². The third-order valence-electron chi connectivity index (χ3n) is 2.55. The summed E-state index contributed by atoms with van der Waals surface area (Å²) in [5, 5.41) is 13.6. The van der Waals surface area contributed by atoms with Crippen LogP contribution >= 0.6 is 0 Å². The van der Waals surface area contributed by atoms with Crippen LogP contribution in [0.2, 0.25) is 0 Å². The van der Waals surface area contributed by atoms with Gasteiger partial charge in [0.1, 0.15) is 16.9 Å². The van der Waals surface area contributed by atoms with Gasteiger partial charge in [-0.15, -0.1) is 0 Å². The number of hydrogen-bond acceptors (Lipinski definition) is 5. The number of benzene rings is 1. The van der Waals surface area contributed by atoms with E-state index in [2.05, 4.69) is 17.2 Å². The van der Waals surface area contributed by atoms with Gasteiger partial charge in [-0.3, -0.25) is 10.1 Å². The van der Waals surface area contributed by atoms with Crippen LogP contribution in [0.4, 0.5) is 10.5 Å². The number of nitrogens with one attached hydrogen (secondary N) is 1. The summed E-state index contributed by atoms with van der Waals surface area (Å²) in [5.41, 5.74) is -0.456. The molecule has 0 heterocycles. The highest BCUT2D eigenvalue weighted by Gasteiger charge is 2.16. The maximum atomic E-state index is 11.4. The summed E-state index contributed by atoms with van der Waals surface area (Å²) in [6.45, 7) is 5.60. The average Bonchev–Trinajstić information content (AvgIpc) is 2.44. The molecule has 0 aliphatic heterocycles. The van der Waals surface area contributed by atoms with Crippen LogP contribution in [0.1, 0.15) is 32.8 Å². The minimum Gasteiger partial charge on any atom is -0.495 e. The van der Waals surface area contributed by atoms with Crippen LogP contribution < -0.4 is 10.1 Å². The third kappa shape index (κ3) is 6.26. The Morgan fingerprint density at radius 2 is 2.09 bits per heavy atom. The molecule has 0 fully saturated rings. The lowest BCUT2D eigenvalue weighted by Crippen LogP contribution is -2.32. The first-order chi connectivity index (χ1) is 10.7. The summed E-state index contributed by atoms with van der Waals surface area (Å²) in [4.78, 5) is 21.9. The van der Waals surface area contributed by atoms with E-state index >= 15 is 0 Å². The van der Waals surface area contributed by atoms with E-state index in [4.69, 9.17) is 9.47 Å². The number of nitrogens with zero attached hydrogens (tertiary/aromatic N) is 1. The zero-order valence-corrected chi connectivity index (χ0v) is 13.6. The maximum absolute atomic E-state index is 11.4. The van der Waals surface area contributed by atoms with Crippen molar-refractivity contribution in [3.05, 3.63) is 33.9 Å². The molecule has 7 nitrogen and oxygen atoms in total. The monoisotopic (exact) mass is 320 g/mol. The molecular formula is C16H20N2O5. The summed E-state index contributed by atoms with van der Waals surface area (Å²) in [6, 6.07) is 4.51. The first kappa shape index (κ1) is 18.3. The van der Waals surface area contributed by atoms with E-state index in [-0.39, 0.29) is 17.8 Å². The number of nitro groups is 1. The van der Waals surface area contributed by atoms with Gasteiger partial charge in [0.05, 0.1) is 12.0 Å². The molecule has 1 rings (SSSR count). The van der Waals surface area contributed by atoms with Crippen molar-refractivity contribution >= 4 is 11.8 Å². The van der Waals surface area contributed by atoms with Crippen LogP contribution in [0.5, 0.6) is 5.75 Å². The van der Waals surface area contributed by atoms with E-state index in [9.17, 15) is 14.9 Å². The van der Waals surface area contributed by atoms with Crippen molar-refractivity contribution in [1.82, 2.24) is 5.32 Å². The minimum absolute atomic E-state index is 0.114. The Morgan fingerprint density at radius 3 is 2.65 bits per heavy atom. The molecule has 1 aromatic carbocycles. The summed E-state index contributed by atoms with van der Waals surface area (Å²) in [5.74, 6) is 5.85. The number of ether oxygens (including phenoxy) is 2. The smallest absolute Gasteiger partial charge is 0.407 e. The largest absolute Gasteiger partial charge is 0.495 e. The van der Waals surface area contributed by atoms with Crippen molar-refractivity contribution in [3.63, 3.8) is 0 Å². The van der Waals surface area contributed by atoms with Crippen molar-refractivity contribution in [2.45, 2.75) is 32.8 Å². The SMILES string of the molecule is COc1cccc([N+](=O)[O-])c1C#CCCNC(=O)OC(C)(C)C. The molecule has 7 heteroatoms. The van der Waals surface area contributed by atoms with Crippen LogP contribution in [0.3, 0.4) is 0 Å². The highest BCUT2D eigenvalue weighted by Crippen LogP contribution is 2.26. The third-order valence-corrected chi connectivity index (χ3v) is 2.55. The normalized spacial score (nSPS) is 10.3. The van der Waals surface area contributed by atoms with Gasteiger partial charge in [0.25, 0.3) is 5.69 Å². The van der Waals surface area contributed by atoms with E-state index in [0.717, 1.165) is 0 Å². The summed E-state index contributed by atoms with van der Waals surface area (Å²) >= 11 is 0. The number of amides is 1. The molecule has 0 unspecified atom stereocenters. The van der Waals surface area contributed by atoms with Gasteiger partial charge in [-0.1, -0.05) is 17.9 Å². The molecule has 0 saturated heterocycles. The van der Waals surface area contributed by atoms with Gasteiger partial charge in [0.15, 0.2) is 0 Å². The number of nitro benzene ring substituents is 1. The molecule has 0 spiro atoms. The van der Waals surface area contributed by atoms with Gasteiger partial charge in [-0.25, -0.2) is 4.79 Å². The highest BCUT2D eigenvalue weighted by molar-refractivity contribution is 5.67. The van der Waals surface area contributed by atoms with Crippen molar-refractivity contribution < 1.29 is 19.2 Å². The fourth-order valence-electron chi connectivity index (χ4n) is 1.66. The predicted molar refractivity (Wildman–Crippen MR) is 85.4 cm³/mol. The second-order valence-corrected chi connectivity index (χ2v) is 5.59. The van der Waals surface area contributed by atoms with Gasteiger partial charge < -0.3 is 14.8 Å². The van der Waals surface area contributed by atoms with Crippen LogP contribution in [-0.4, -0.2) is 30.3 Å². The molecular weight excluding hydrogens is 300 g/mol. The Hall–Kier alpha value is -2.75. The second-order valence-electron chi connectivity index (χ2n) is 5.59. The molecule has 23 heavy (non-hydrogen) atoms. The van der Waals surface area contributed by atoms with Gasteiger partial charge in [0.2, 0.25) is 0 Å². The maximum Gasteiger partial charge on any atom is 0.407 e. The number of methoxy groups -OCH3 is 1. The van der Waals surface area contributed by atoms with Gasteiger partial charge in [-0.05, 0) is 26.8 Å². The average molecular weight is 320 g/mol. The Morgan fingerprint density at radius 1 is 1.39 bits per heavy atom. The van der Waals surface area contributed by atoms with Crippen LogP contribution in [0.25, 0.3) is 0 Å². The summed E-state index contributed by atoms with van der Waals surface area (Å²) in [7, 11) is 1.42. The zero-order valence-electron chi connectivity index (χ0n) is 13.6. The molecule has 1 aromatic rings. The van der Waals surface area contributed by atoms with Crippen LogP contribution in [0, 0.1) is 22.0 Å². The molecule has 1 amide bonds. The predicted octanol–water partition coefficient (Wildman–Crippen LogP) is 2.87. The second kappa shape index (κ2) is 8.03. The van der Waals surface area contributed by atoms with Crippen molar-refractivity contribution in [2.75, 3.05) is 13.7 Å². The molecule has 1 N–H and O–H groups in total. The van der Waals surface area contributed by atoms with E-state index < -0.39 is 16.6 Å². The lowest BCUT2D eigenvalue weighted by molar-refractivity contribution is -0.385. The lowest BCUT2D eigenvalue weighted by Gasteiger charge is -2.19. The standard InChI is InChI=1S/C16H20N2O5/c1-16(2,3)23-15(19)17-11-6-5-8-12-13(18(20)21)9-7-10-14(12)22-4/h7,9-10H,6,11H2,1-4H3,(H,17,19). The Kier molecular flexibility index (Phi) is 6.39. The van der Waals surface area contributed by atoms with Gasteiger partial charge in [-0.2, -0.15) is 0 Å². The number of hydrogen-bond donors (Lipinski definition) is 1. The van der Waals surface area contributed by atoms with Gasteiger partial charge >= 0.3 is 6.09 Å². The minimum atomic E-state index is -0.562. The first-order valence-corrected chi connectivity index (χ1v) is 7.01. The molecule has 0 saturated carbocycles. The topological polar surface area (TPSA) is 90.7 Å².